The molecule has 3 aromatic heterocycles. The summed E-state index contributed by atoms with van der Waals surface area (Å²) in [5.74, 6) is 2.14. The van der Waals surface area contributed by atoms with Gasteiger partial charge < -0.3 is 23.4 Å². The Morgan fingerprint density at radius 1 is 1.09 bits per heavy atom. The average Bonchev–Trinajstić information content (AvgIpc) is 3.49. The topological polar surface area (TPSA) is 82.6 Å². The van der Waals surface area contributed by atoms with E-state index in [9.17, 15) is 4.79 Å². The van der Waals surface area contributed by atoms with Gasteiger partial charge in [-0.05, 0) is 57.2 Å². The number of aromatic nitrogens is 3. The first kappa shape index (κ1) is 22.0. The lowest BCUT2D eigenvalue weighted by molar-refractivity contribution is 0.0126. The quantitative estimate of drug-likeness (QED) is 0.402. The highest BCUT2D eigenvalue weighted by Crippen LogP contribution is 2.27. The summed E-state index contributed by atoms with van der Waals surface area (Å²) in [6, 6.07) is 12.0. The molecule has 0 radical (unpaired) electrons. The van der Waals surface area contributed by atoms with E-state index in [4.69, 9.17) is 13.9 Å². The van der Waals surface area contributed by atoms with E-state index in [1.807, 2.05) is 61.9 Å². The molecular formula is C26H28N4O4. The van der Waals surface area contributed by atoms with Crippen molar-refractivity contribution in [3.63, 3.8) is 0 Å². The molecule has 1 saturated heterocycles. The highest BCUT2D eigenvalue weighted by Gasteiger charge is 2.27. The normalized spacial score (nSPS) is 15.0. The highest BCUT2D eigenvalue weighted by atomic mass is 16.6. The summed E-state index contributed by atoms with van der Waals surface area (Å²) >= 11 is 0. The number of carbonyl (C=O) groups excluding carboxylic acids is 1. The number of pyridine rings is 1. The van der Waals surface area contributed by atoms with Crippen LogP contribution in [-0.2, 0) is 4.74 Å². The van der Waals surface area contributed by atoms with Gasteiger partial charge in [0.1, 0.15) is 29.5 Å². The molecule has 1 aliphatic rings. The van der Waals surface area contributed by atoms with Gasteiger partial charge in [0.25, 0.3) is 0 Å². The van der Waals surface area contributed by atoms with E-state index in [2.05, 4.69) is 16.0 Å². The van der Waals surface area contributed by atoms with Crippen molar-refractivity contribution >= 4 is 17.0 Å². The van der Waals surface area contributed by atoms with Crippen LogP contribution >= 0.6 is 0 Å². The Hall–Kier alpha value is -3.81. The second kappa shape index (κ2) is 8.85. The number of fused-ring (bicyclic) bond motifs is 1. The standard InChI is InChI=1S/C26H28N4O4/c1-26(2,3)34-25(31)29-12-9-20(10-13-29)33-21-5-7-23(28-17-21)30-14-8-18-16-19(4-6-22(18)30)24-27-11-15-32-24/h4-8,11,14-17,20H,9-10,12-13H2,1-3H3. The third-order valence-electron chi connectivity index (χ3n) is 5.73. The van der Waals surface area contributed by atoms with E-state index in [1.54, 1.807) is 23.6 Å². The van der Waals surface area contributed by atoms with Crippen LogP contribution in [0.2, 0.25) is 0 Å². The summed E-state index contributed by atoms with van der Waals surface area (Å²) < 4.78 is 19.0. The Morgan fingerprint density at radius 3 is 2.59 bits per heavy atom. The van der Waals surface area contributed by atoms with Gasteiger partial charge in [-0.2, -0.15) is 0 Å². The lowest BCUT2D eigenvalue weighted by Crippen LogP contribution is -2.44. The summed E-state index contributed by atoms with van der Waals surface area (Å²) in [7, 11) is 0. The molecule has 1 fully saturated rings. The molecule has 1 amide bonds. The Morgan fingerprint density at radius 2 is 1.91 bits per heavy atom. The molecule has 34 heavy (non-hydrogen) atoms. The third kappa shape index (κ3) is 4.76. The number of nitrogens with zero attached hydrogens (tertiary/aromatic N) is 4. The molecular weight excluding hydrogens is 432 g/mol. The minimum atomic E-state index is -0.484. The molecule has 0 bridgehead atoms. The number of carbonyl (C=O) groups is 1. The molecule has 0 N–H and O–H groups in total. The maximum atomic E-state index is 12.2. The second-order valence-electron chi connectivity index (χ2n) is 9.43. The molecule has 1 aliphatic heterocycles. The summed E-state index contributed by atoms with van der Waals surface area (Å²) in [6.45, 7) is 6.88. The van der Waals surface area contributed by atoms with Crippen LogP contribution in [-0.4, -0.2) is 50.3 Å². The minimum Gasteiger partial charge on any atom is -0.489 e. The molecule has 1 aromatic carbocycles. The lowest BCUT2D eigenvalue weighted by atomic mass is 10.1. The predicted molar refractivity (Wildman–Crippen MR) is 128 cm³/mol. The molecule has 0 spiro atoms. The maximum absolute atomic E-state index is 12.2. The molecule has 4 aromatic rings. The van der Waals surface area contributed by atoms with Crippen molar-refractivity contribution in [2.45, 2.75) is 45.3 Å². The lowest BCUT2D eigenvalue weighted by Gasteiger charge is -2.33. The van der Waals surface area contributed by atoms with Gasteiger partial charge in [-0.25, -0.2) is 14.8 Å². The van der Waals surface area contributed by atoms with Crippen molar-refractivity contribution in [3.05, 3.63) is 61.3 Å². The number of hydrogen-bond donors (Lipinski definition) is 0. The van der Waals surface area contributed by atoms with E-state index >= 15 is 0 Å². The fraction of sp³-hybridized carbons (Fsp3) is 0.346. The predicted octanol–water partition coefficient (Wildman–Crippen LogP) is 5.46. The van der Waals surface area contributed by atoms with Gasteiger partial charge >= 0.3 is 6.09 Å². The molecule has 8 nitrogen and oxygen atoms in total. The van der Waals surface area contributed by atoms with Crippen molar-refractivity contribution in [2.75, 3.05) is 13.1 Å². The number of ether oxygens (including phenoxy) is 2. The Balaban J connectivity index is 1.22. The SMILES string of the molecule is CC(C)(C)OC(=O)N1CCC(Oc2ccc(-n3ccc4cc(-c5ncco5)ccc43)nc2)CC1. The number of piperidine rings is 1. The molecule has 8 heteroatoms. The van der Waals surface area contributed by atoms with Gasteiger partial charge in [0.2, 0.25) is 5.89 Å². The van der Waals surface area contributed by atoms with Crippen molar-refractivity contribution in [1.29, 1.82) is 0 Å². The van der Waals surface area contributed by atoms with Crippen LogP contribution in [0.5, 0.6) is 5.75 Å². The first-order valence-electron chi connectivity index (χ1n) is 11.5. The van der Waals surface area contributed by atoms with E-state index in [-0.39, 0.29) is 12.2 Å². The highest BCUT2D eigenvalue weighted by molar-refractivity contribution is 5.85. The van der Waals surface area contributed by atoms with Crippen molar-refractivity contribution < 1.29 is 18.7 Å². The van der Waals surface area contributed by atoms with Gasteiger partial charge in [-0.15, -0.1) is 0 Å². The monoisotopic (exact) mass is 460 g/mol. The smallest absolute Gasteiger partial charge is 0.410 e. The molecule has 0 unspecified atom stereocenters. The van der Waals surface area contributed by atoms with Crippen molar-refractivity contribution in [2.24, 2.45) is 0 Å². The largest absolute Gasteiger partial charge is 0.489 e. The molecule has 0 aliphatic carbocycles. The summed E-state index contributed by atoms with van der Waals surface area (Å²) in [5.41, 5.74) is 1.50. The Bertz CT molecular complexity index is 1260. The second-order valence-corrected chi connectivity index (χ2v) is 9.43. The van der Waals surface area contributed by atoms with Crippen LogP contribution in [0, 0.1) is 0 Å². The van der Waals surface area contributed by atoms with E-state index in [0.717, 1.165) is 40.9 Å². The zero-order valence-electron chi connectivity index (χ0n) is 19.6. The zero-order valence-corrected chi connectivity index (χ0v) is 19.6. The molecule has 176 valence electrons. The Kier molecular flexibility index (Phi) is 5.73. The van der Waals surface area contributed by atoms with E-state index < -0.39 is 5.60 Å². The minimum absolute atomic E-state index is 0.0485. The number of benzene rings is 1. The van der Waals surface area contributed by atoms with E-state index in [0.29, 0.717) is 19.0 Å². The summed E-state index contributed by atoms with van der Waals surface area (Å²) in [6.07, 6.45) is 8.27. The first-order valence-corrected chi connectivity index (χ1v) is 11.5. The van der Waals surface area contributed by atoms with Crippen LogP contribution in [0.1, 0.15) is 33.6 Å². The fourth-order valence-corrected chi connectivity index (χ4v) is 4.10. The van der Waals surface area contributed by atoms with Crippen LogP contribution in [0.25, 0.3) is 28.2 Å². The number of amides is 1. The van der Waals surface area contributed by atoms with Gasteiger partial charge in [0.15, 0.2) is 0 Å². The third-order valence-corrected chi connectivity index (χ3v) is 5.73. The molecule has 5 rings (SSSR count). The fourth-order valence-electron chi connectivity index (χ4n) is 4.10. The van der Waals surface area contributed by atoms with Gasteiger partial charge in [-0.1, -0.05) is 0 Å². The number of oxazole rings is 1. The average molecular weight is 461 g/mol. The number of likely N-dealkylation sites (tertiary alicyclic amines) is 1. The Labute approximate surface area is 198 Å². The van der Waals surface area contributed by atoms with Crippen LogP contribution in [0.4, 0.5) is 4.79 Å². The maximum Gasteiger partial charge on any atom is 0.410 e. The zero-order chi connectivity index (χ0) is 23.7. The summed E-state index contributed by atoms with van der Waals surface area (Å²) in [4.78, 5) is 22.8. The van der Waals surface area contributed by atoms with Gasteiger partial charge in [-0.3, -0.25) is 0 Å². The number of hydrogen-bond acceptors (Lipinski definition) is 6. The van der Waals surface area contributed by atoms with Crippen LogP contribution < -0.4 is 4.74 Å². The summed E-state index contributed by atoms with van der Waals surface area (Å²) in [5, 5.41) is 1.08. The molecule has 0 saturated carbocycles. The molecule has 4 heterocycles. The van der Waals surface area contributed by atoms with Crippen molar-refractivity contribution in [3.8, 4) is 23.0 Å². The van der Waals surface area contributed by atoms with Gasteiger partial charge in [0.05, 0.1) is 17.9 Å². The number of rotatable bonds is 4. The van der Waals surface area contributed by atoms with Crippen molar-refractivity contribution in [1.82, 2.24) is 19.4 Å². The van der Waals surface area contributed by atoms with E-state index in [1.165, 1.54) is 0 Å². The van der Waals surface area contributed by atoms with Crippen LogP contribution in [0.3, 0.4) is 0 Å². The molecule has 0 atom stereocenters. The van der Waals surface area contributed by atoms with Gasteiger partial charge in [0, 0.05) is 43.1 Å². The first-order chi connectivity index (χ1) is 16.4. The van der Waals surface area contributed by atoms with Crippen LogP contribution in [0.15, 0.2) is 65.7 Å².